The second-order valence-electron chi connectivity index (χ2n) is 4.14. The summed E-state index contributed by atoms with van der Waals surface area (Å²) in [5.74, 6) is 0.771. The molecule has 3 aromatic rings. The summed E-state index contributed by atoms with van der Waals surface area (Å²) in [5.41, 5.74) is 0.944. The van der Waals surface area contributed by atoms with Crippen molar-refractivity contribution >= 4 is 29.2 Å². The number of imidazole rings is 1. The molecule has 0 aliphatic heterocycles. The molecular formula is C13H10Cl2N6. The highest BCUT2D eigenvalue weighted by atomic mass is 35.5. The zero-order valence-electron chi connectivity index (χ0n) is 10.7. The molecule has 0 aliphatic carbocycles. The molecule has 2 aromatic heterocycles. The Bertz CT molecular complexity index is 744. The molecule has 0 unspecified atom stereocenters. The van der Waals surface area contributed by atoms with E-state index in [9.17, 15) is 0 Å². The Morgan fingerprint density at radius 1 is 1.10 bits per heavy atom. The molecule has 6 nitrogen and oxygen atoms in total. The lowest BCUT2D eigenvalue weighted by Gasteiger charge is -2.08. The van der Waals surface area contributed by atoms with Gasteiger partial charge >= 0.3 is 0 Å². The molecule has 1 N–H and O–H groups in total. The molecule has 0 spiro atoms. The van der Waals surface area contributed by atoms with Crippen molar-refractivity contribution < 1.29 is 0 Å². The van der Waals surface area contributed by atoms with Crippen LogP contribution in [0.15, 0.2) is 43.0 Å². The monoisotopic (exact) mass is 320 g/mol. The predicted octanol–water partition coefficient (Wildman–Crippen LogP) is 2.98. The first kappa shape index (κ1) is 13.8. The lowest BCUT2D eigenvalue weighted by atomic mass is 10.2. The molecule has 0 saturated carbocycles. The van der Waals surface area contributed by atoms with Gasteiger partial charge in [0.05, 0.1) is 0 Å². The largest absolute Gasteiger partial charge is 0.350 e. The maximum absolute atomic E-state index is 6.10. The number of benzene rings is 1. The van der Waals surface area contributed by atoms with Crippen LogP contribution in [0.1, 0.15) is 5.56 Å². The SMILES string of the molecule is Clc1nc(NCc2ccccc2Cl)nc(-n2ccnc2)n1. The molecule has 0 atom stereocenters. The van der Waals surface area contributed by atoms with Crippen molar-refractivity contribution in [3.05, 3.63) is 58.9 Å². The van der Waals surface area contributed by atoms with Gasteiger partial charge < -0.3 is 5.32 Å². The van der Waals surface area contributed by atoms with Crippen LogP contribution in [-0.2, 0) is 6.54 Å². The smallest absolute Gasteiger partial charge is 0.241 e. The van der Waals surface area contributed by atoms with Gasteiger partial charge in [-0.25, -0.2) is 4.98 Å². The summed E-state index contributed by atoms with van der Waals surface area (Å²) in [6.07, 6.45) is 4.95. The van der Waals surface area contributed by atoms with Gasteiger partial charge in [-0.15, -0.1) is 0 Å². The van der Waals surface area contributed by atoms with Gasteiger partial charge in [0, 0.05) is 24.0 Å². The van der Waals surface area contributed by atoms with Gasteiger partial charge in [0.1, 0.15) is 6.33 Å². The third-order valence-electron chi connectivity index (χ3n) is 2.73. The van der Waals surface area contributed by atoms with Crippen LogP contribution in [0, 0.1) is 0 Å². The normalized spacial score (nSPS) is 10.6. The Hall–Kier alpha value is -2.18. The lowest BCUT2D eigenvalue weighted by molar-refractivity contribution is 0.888. The summed E-state index contributed by atoms with van der Waals surface area (Å²) in [4.78, 5) is 16.3. The van der Waals surface area contributed by atoms with Crippen molar-refractivity contribution in [3.8, 4) is 5.95 Å². The Balaban J connectivity index is 1.81. The third-order valence-corrected chi connectivity index (χ3v) is 3.26. The number of nitrogens with zero attached hydrogens (tertiary/aromatic N) is 5. The molecule has 0 saturated heterocycles. The number of nitrogens with one attached hydrogen (secondary N) is 1. The van der Waals surface area contributed by atoms with E-state index in [-0.39, 0.29) is 5.28 Å². The van der Waals surface area contributed by atoms with Crippen LogP contribution in [0.5, 0.6) is 0 Å². The fourth-order valence-electron chi connectivity index (χ4n) is 1.73. The molecule has 21 heavy (non-hydrogen) atoms. The van der Waals surface area contributed by atoms with Crippen LogP contribution in [0.2, 0.25) is 10.3 Å². The molecule has 0 bridgehead atoms. The Morgan fingerprint density at radius 2 is 1.95 bits per heavy atom. The van der Waals surface area contributed by atoms with Crippen molar-refractivity contribution in [1.82, 2.24) is 24.5 Å². The average Bonchev–Trinajstić information content (AvgIpc) is 3.00. The van der Waals surface area contributed by atoms with Crippen molar-refractivity contribution in [1.29, 1.82) is 0 Å². The van der Waals surface area contributed by atoms with Crippen molar-refractivity contribution in [3.63, 3.8) is 0 Å². The summed E-state index contributed by atoms with van der Waals surface area (Å²) >= 11 is 12.0. The zero-order valence-corrected chi connectivity index (χ0v) is 12.3. The van der Waals surface area contributed by atoms with Crippen LogP contribution in [0.4, 0.5) is 5.95 Å². The van der Waals surface area contributed by atoms with Crippen LogP contribution in [0.25, 0.3) is 5.95 Å². The van der Waals surface area contributed by atoms with Crippen molar-refractivity contribution in [2.75, 3.05) is 5.32 Å². The minimum atomic E-state index is 0.107. The lowest BCUT2D eigenvalue weighted by Crippen LogP contribution is -2.08. The van der Waals surface area contributed by atoms with E-state index in [0.29, 0.717) is 23.5 Å². The van der Waals surface area contributed by atoms with E-state index in [1.165, 1.54) is 0 Å². The standard InChI is InChI=1S/C13H10Cl2N6/c14-10-4-2-1-3-9(10)7-17-12-18-11(15)19-13(20-12)21-6-5-16-8-21/h1-6,8H,7H2,(H,17,18,19,20). The summed E-state index contributed by atoms with van der Waals surface area (Å²) in [6.45, 7) is 0.489. The van der Waals surface area contributed by atoms with E-state index >= 15 is 0 Å². The van der Waals surface area contributed by atoms with Crippen molar-refractivity contribution in [2.45, 2.75) is 6.54 Å². The summed E-state index contributed by atoms with van der Waals surface area (Å²) < 4.78 is 1.65. The molecular weight excluding hydrogens is 311 g/mol. The van der Waals surface area contributed by atoms with Gasteiger partial charge in [0.15, 0.2) is 0 Å². The first-order valence-electron chi connectivity index (χ1n) is 6.09. The topological polar surface area (TPSA) is 68.5 Å². The second-order valence-corrected chi connectivity index (χ2v) is 4.89. The maximum Gasteiger partial charge on any atom is 0.241 e. The Morgan fingerprint density at radius 3 is 2.71 bits per heavy atom. The first-order valence-corrected chi connectivity index (χ1v) is 6.85. The van der Waals surface area contributed by atoms with E-state index in [1.807, 2.05) is 24.3 Å². The molecule has 0 fully saturated rings. The van der Waals surface area contributed by atoms with Gasteiger partial charge in [-0.3, -0.25) is 4.57 Å². The zero-order chi connectivity index (χ0) is 14.7. The third kappa shape index (κ3) is 3.29. The van der Waals surface area contributed by atoms with E-state index in [1.54, 1.807) is 23.3 Å². The highest BCUT2D eigenvalue weighted by molar-refractivity contribution is 6.31. The minimum absolute atomic E-state index is 0.107. The number of anilines is 1. The number of rotatable bonds is 4. The Labute approximate surface area is 130 Å². The van der Waals surface area contributed by atoms with E-state index in [4.69, 9.17) is 23.2 Å². The average molecular weight is 321 g/mol. The number of aromatic nitrogens is 5. The maximum atomic E-state index is 6.10. The van der Waals surface area contributed by atoms with Crippen LogP contribution in [0.3, 0.4) is 0 Å². The molecule has 106 valence electrons. The van der Waals surface area contributed by atoms with Gasteiger partial charge in [-0.2, -0.15) is 15.0 Å². The van der Waals surface area contributed by atoms with Gasteiger partial charge in [-0.05, 0) is 23.2 Å². The minimum Gasteiger partial charge on any atom is -0.350 e. The van der Waals surface area contributed by atoms with E-state index in [0.717, 1.165) is 5.56 Å². The van der Waals surface area contributed by atoms with Crippen molar-refractivity contribution in [2.24, 2.45) is 0 Å². The van der Waals surface area contributed by atoms with Gasteiger partial charge in [0.2, 0.25) is 17.2 Å². The summed E-state index contributed by atoms with van der Waals surface area (Å²) in [6, 6.07) is 7.55. The van der Waals surface area contributed by atoms with Crippen LogP contribution in [-0.4, -0.2) is 24.5 Å². The molecule has 2 heterocycles. The first-order chi connectivity index (χ1) is 10.2. The highest BCUT2D eigenvalue weighted by Gasteiger charge is 2.07. The van der Waals surface area contributed by atoms with Gasteiger partial charge in [-0.1, -0.05) is 29.8 Å². The number of halogens is 2. The molecule has 0 aliphatic rings. The fourth-order valence-corrected chi connectivity index (χ4v) is 2.09. The molecule has 0 amide bonds. The van der Waals surface area contributed by atoms with Gasteiger partial charge in [0.25, 0.3) is 0 Å². The number of hydrogen-bond acceptors (Lipinski definition) is 5. The number of hydrogen-bond donors (Lipinski definition) is 1. The quantitative estimate of drug-likeness (QED) is 0.800. The molecule has 3 rings (SSSR count). The van der Waals surface area contributed by atoms with Crippen LogP contribution >= 0.6 is 23.2 Å². The molecule has 0 radical (unpaired) electrons. The predicted molar refractivity (Wildman–Crippen MR) is 80.7 cm³/mol. The Kier molecular flexibility index (Phi) is 3.98. The second kappa shape index (κ2) is 6.07. The highest BCUT2D eigenvalue weighted by Crippen LogP contribution is 2.16. The van der Waals surface area contributed by atoms with E-state index in [2.05, 4.69) is 25.3 Å². The summed E-state index contributed by atoms with van der Waals surface area (Å²) in [7, 11) is 0. The van der Waals surface area contributed by atoms with Crippen LogP contribution < -0.4 is 5.32 Å². The molecule has 1 aromatic carbocycles. The fraction of sp³-hybridized carbons (Fsp3) is 0.0769. The molecule has 8 heteroatoms. The summed E-state index contributed by atoms with van der Waals surface area (Å²) in [5, 5.41) is 3.87. The van der Waals surface area contributed by atoms with E-state index < -0.39 is 0 Å².